The minimum absolute atomic E-state index is 0.0647. The first-order valence-electron chi connectivity index (χ1n) is 9.71. The van der Waals surface area contributed by atoms with Crippen LogP contribution in [0.15, 0.2) is 76.1 Å². The zero-order chi connectivity index (χ0) is 23.3. The van der Waals surface area contributed by atoms with Crippen LogP contribution in [0.25, 0.3) is 0 Å². The van der Waals surface area contributed by atoms with E-state index in [1.165, 1.54) is 24.3 Å². The van der Waals surface area contributed by atoms with Crippen molar-refractivity contribution in [3.63, 3.8) is 0 Å². The quantitative estimate of drug-likeness (QED) is 0.399. The fourth-order valence-corrected chi connectivity index (χ4v) is 4.35. The third-order valence-corrected chi connectivity index (χ3v) is 7.01. The highest BCUT2D eigenvalue weighted by molar-refractivity contribution is 9.10. The summed E-state index contributed by atoms with van der Waals surface area (Å²) >= 11 is 9.44. The van der Waals surface area contributed by atoms with Crippen molar-refractivity contribution in [1.82, 2.24) is 5.32 Å². The highest BCUT2D eigenvalue weighted by atomic mass is 79.9. The van der Waals surface area contributed by atoms with Crippen molar-refractivity contribution in [2.45, 2.75) is 24.8 Å². The number of amides is 1. The number of rotatable bonds is 8. The van der Waals surface area contributed by atoms with E-state index in [1.807, 2.05) is 38.1 Å². The number of hydrogen-bond donors (Lipinski definition) is 2. The molecule has 1 amide bonds. The van der Waals surface area contributed by atoms with Gasteiger partial charge in [0.15, 0.2) is 6.61 Å². The van der Waals surface area contributed by atoms with Gasteiger partial charge in [0.2, 0.25) is 0 Å². The van der Waals surface area contributed by atoms with E-state index in [9.17, 15) is 13.2 Å². The zero-order valence-electron chi connectivity index (χ0n) is 17.4. The number of hydrogen-bond acceptors (Lipinski definition) is 4. The maximum Gasteiger partial charge on any atom is 0.261 e. The largest absolute Gasteiger partial charge is 0.484 e. The summed E-state index contributed by atoms with van der Waals surface area (Å²) in [6, 6.07) is 18.3. The van der Waals surface area contributed by atoms with Crippen LogP contribution in [0.2, 0.25) is 5.02 Å². The van der Waals surface area contributed by atoms with E-state index in [0.29, 0.717) is 16.5 Å². The molecule has 0 aliphatic rings. The second-order valence-electron chi connectivity index (χ2n) is 7.17. The van der Waals surface area contributed by atoms with Gasteiger partial charge in [0, 0.05) is 9.50 Å². The lowest BCUT2D eigenvalue weighted by Crippen LogP contribution is -2.31. The molecule has 3 rings (SSSR count). The summed E-state index contributed by atoms with van der Waals surface area (Å²) in [6.45, 7) is 3.53. The fourth-order valence-electron chi connectivity index (χ4n) is 2.85. The van der Waals surface area contributed by atoms with Crippen LogP contribution in [0, 0.1) is 6.92 Å². The van der Waals surface area contributed by atoms with Gasteiger partial charge in [-0.1, -0.05) is 45.7 Å². The summed E-state index contributed by atoms with van der Waals surface area (Å²) in [5.41, 5.74) is 2.20. The molecule has 0 saturated heterocycles. The van der Waals surface area contributed by atoms with E-state index in [2.05, 4.69) is 26.0 Å². The normalized spacial score (nSPS) is 12.1. The minimum Gasteiger partial charge on any atom is -0.484 e. The Morgan fingerprint density at radius 2 is 1.72 bits per heavy atom. The Morgan fingerprint density at radius 3 is 2.34 bits per heavy atom. The van der Waals surface area contributed by atoms with Crippen molar-refractivity contribution in [3.8, 4) is 5.75 Å². The summed E-state index contributed by atoms with van der Waals surface area (Å²) in [5, 5.41) is 3.34. The SMILES string of the molecule is Cc1ccc(NS(=O)(=O)c2ccc(OCC(=O)NC(C)c3ccc(Br)cc3)cc2)cc1Cl. The molecule has 0 heterocycles. The minimum atomic E-state index is -3.79. The number of sulfonamides is 1. The molecule has 0 aromatic heterocycles. The lowest BCUT2D eigenvalue weighted by molar-refractivity contribution is -0.123. The van der Waals surface area contributed by atoms with E-state index in [0.717, 1.165) is 15.6 Å². The fraction of sp³-hybridized carbons (Fsp3) is 0.174. The first-order chi connectivity index (χ1) is 15.1. The number of benzene rings is 3. The van der Waals surface area contributed by atoms with E-state index in [-0.39, 0.29) is 23.5 Å². The first-order valence-corrected chi connectivity index (χ1v) is 12.4. The number of anilines is 1. The van der Waals surface area contributed by atoms with Crippen LogP contribution >= 0.6 is 27.5 Å². The molecule has 0 bridgehead atoms. The van der Waals surface area contributed by atoms with Gasteiger partial charge in [0.25, 0.3) is 15.9 Å². The average molecular weight is 538 g/mol. The van der Waals surface area contributed by atoms with Gasteiger partial charge in [-0.3, -0.25) is 9.52 Å². The number of nitrogens with one attached hydrogen (secondary N) is 2. The topological polar surface area (TPSA) is 84.5 Å². The molecule has 6 nitrogen and oxygen atoms in total. The second kappa shape index (κ2) is 10.4. The van der Waals surface area contributed by atoms with Crippen LogP contribution in [0.5, 0.6) is 5.75 Å². The molecule has 1 unspecified atom stereocenters. The molecule has 0 spiro atoms. The molecule has 0 aliphatic heterocycles. The molecule has 0 saturated carbocycles. The van der Waals surface area contributed by atoms with Crippen LogP contribution in [0.3, 0.4) is 0 Å². The van der Waals surface area contributed by atoms with Gasteiger partial charge in [-0.05, 0) is 73.5 Å². The third kappa shape index (κ3) is 6.48. The Balaban J connectivity index is 1.56. The summed E-state index contributed by atoms with van der Waals surface area (Å²) in [5.74, 6) is 0.101. The van der Waals surface area contributed by atoms with Crippen molar-refractivity contribution in [3.05, 3.63) is 87.4 Å². The Morgan fingerprint density at radius 1 is 1.06 bits per heavy atom. The predicted octanol–water partition coefficient (Wildman–Crippen LogP) is 5.47. The lowest BCUT2D eigenvalue weighted by Gasteiger charge is -2.15. The molecule has 0 fully saturated rings. The number of halogens is 2. The van der Waals surface area contributed by atoms with Gasteiger partial charge >= 0.3 is 0 Å². The molecule has 9 heteroatoms. The Hall–Kier alpha value is -2.55. The molecule has 0 aliphatic carbocycles. The summed E-state index contributed by atoms with van der Waals surface area (Å²) < 4.78 is 34.1. The average Bonchev–Trinajstić information content (AvgIpc) is 2.75. The lowest BCUT2D eigenvalue weighted by atomic mass is 10.1. The molecular formula is C23H22BrClN2O4S. The number of carbonyl (C=O) groups is 1. The number of aryl methyl sites for hydroxylation is 1. The number of carbonyl (C=O) groups excluding carboxylic acids is 1. The van der Waals surface area contributed by atoms with Crippen LogP contribution in [0.1, 0.15) is 24.1 Å². The van der Waals surface area contributed by atoms with Gasteiger partial charge in [0.05, 0.1) is 16.6 Å². The van der Waals surface area contributed by atoms with Crippen molar-refractivity contribution < 1.29 is 17.9 Å². The van der Waals surface area contributed by atoms with Crippen LogP contribution in [-0.2, 0) is 14.8 Å². The maximum absolute atomic E-state index is 12.6. The van der Waals surface area contributed by atoms with E-state index < -0.39 is 10.0 Å². The monoisotopic (exact) mass is 536 g/mol. The smallest absolute Gasteiger partial charge is 0.261 e. The van der Waals surface area contributed by atoms with Gasteiger partial charge in [-0.25, -0.2) is 8.42 Å². The third-order valence-electron chi connectivity index (χ3n) is 4.68. The summed E-state index contributed by atoms with van der Waals surface area (Å²) in [6.07, 6.45) is 0. The summed E-state index contributed by atoms with van der Waals surface area (Å²) in [7, 11) is -3.79. The van der Waals surface area contributed by atoms with E-state index in [4.69, 9.17) is 16.3 Å². The number of ether oxygens (including phenoxy) is 1. The Bertz CT molecular complexity index is 1200. The maximum atomic E-state index is 12.6. The second-order valence-corrected chi connectivity index (χ2v) is 10.2. The van der Waals surface area contributed by atoms with E-state index >= 15 is 0 Å². The van der Waals surface area contributed by atoms with E-state index in [1.54, 1.807) is 18.2 Å². The van der Waals surface area contributed by atoms with Crippen molar-refractivity contribution in [2.24, 2.45) is 0 Å². The first kappa shape index (κ1) is 24.1. The Labute approximate surface area is 201 Å². The predicted molar refractivity (Wildman–Crippen MR) is 130 cm³/mol. The van der Waals surface area contributed by atoms with Crippen molar-refractivity contribution in [2.75, 3.05) is 11.3 Å². The molecule has 168 valence electrons. The standard InChI is InChI=1S/C23H22BrClN2O4S/c1-15-3-8-19(13-22(15)25)27-32(29,30)21-11-9-20(10-12-21)31-14-23(28)26-16(2)17-4-6-18(24)7-5-17/h3-13,16,27H,14H2,1-2H3,(H,26,28). The van der Waals surface area contributed by atoms with Gasteiger partial charge in [-0.15, -0.1) is 0 Å². The molecule has 32 heavy (non-hydrogen) atoms. The van der Waals surface area contributed by atoms with Gasteiger partial charge < -0.3 is 10.1 Å². The Kier molecular flexibility index (Phi) is 7.82. The molecule has 2 N–H and O–H groups in total. The molecule has 3 aromatic carbocycles. The van der Waals surface area contributed by atoms with Crippen LogP contribution < -0.4 is 14.8 Å². The van der Waals surface area contributed by atoms with Crippen LogP contribution in [0.4, 0.5) is 5.69 Å². The highest BCUT2D eigenvalue weighted by Crippen LogP contribution is 2.23. The van der Waals surface area contributed by atoms with Crippen LogP contribution in [-0.4, -0.2) is 20.9 Å². The molecular weight excluding hydrogens is 516 g/mol. The van der Waals surface area contributed by atoms with Gasteiger partial charge in [0.1, 0.15) is 5.75 Å². The highest BCUT2D eigenvalue weighted by Gasteiger charge is 2.15. The molecule has 0 radical (unpaired) electrons. The molecule has 1 atom stereocenters. The summed E-state index contributed by atoms with van der Waals surface area (Å²) in [4.78, 5) is 12.3. The van der Waals surface area contributed by atoms with Gasteiger partial charge in [-0.2, -0.15) is 0 Å². The molecule has 3 aromatic rings. The zero-order valence-corrected chi connectivity index (χ0v) is 20.6. The van der Waals surface area contributed by atoms with Crippen molar-refractivity contribution in [1.29, 1.82) is 0 Å². The van der Waals surface area contributed by atoms with Crippen molar-refractivity contribution >= 4 is 49.1 Å².